The summed E-state index contributed by atoms with van der Waals surface area (Å²) in [5.74, 6) is -4.22. The van der Waals surface area contributed by atoms with Gasteiger partial charge in [-0.1, -0.05) is 58.6 Å². The summed E-state index contributed by atoms with van der Waals surface area (Å²) in [6, 6.07) is 0. The minimum Gasteiger partial charge on any atom is -0.387 e. The minimum atomic E-state index is -1.37. The number of rotatable bonds is 0. The number of carbonyl (C=O) groups is 2. The lowest BCUT2D eigenvalue weighted by molar-refractivity contribution is -0.524. The van der Waals surface area contributed by atoms with E-state index in [1.165, 1.54) is 0 Å². The number of Topliss-reactive ketones (excluding diaryl/α,β-unsaturated/α-hetero) is 2. The molecule has 8 aliphatic carbocycles. The highest BCUT2D eigenvalue weighted by Crippen LogP contribution is 2.81. The van der Waals surface area contributed by atoms with Crippen LogP contribution in [0.1, 0.15) is 93.9 Å². The lowest BCUT2D eigenvalue weighted by Gasteiger charge is -2.76. The Morgan fingerprint density at radius 2 is 1.19 bits per heavy atom. The second-order valence-corrected chi connectivity index (χ2v) is 23.0. The predicted octanol–water partition coefficient (Wildman–Crippen LogP) is 4.74. The number of nitrogens with one attached hydrogen (secondary N) is 1. The Labute approximate surface area is 335 Å². The maximum absolute atomic E-state index is 14.3. The maximum Gasteiger partial charge on any atom is 0.213 e. The van der Waals surface area contributed by atoms with Crippen molar-refractivity contribution in [3.63, 3.8) is 0 Å². The first-order valence-corrected chi connectivity index (χ1v) is 21.9. The normalized spacial score (nSPS) is 59.6. The first-order chi connectivity index (χ1) is 26.6. The van der Waals surface area contributed by atoms with Gasteiger partial charge in [-0.25, -0.2) is 0 Å². The molecule has 7 spiro atoms. The van der Waals surface area contributed by atoms with Gasteiger partial charge >= 0.3 is 0 Å². The molecule has 13 fully saturated rings. The molecule has 6 saturated carbocycles. The van der Waals surface area contributed by atoms with Crippen LogP contribution in [-0.4, -0.2) is 94.6 Å². The van der Waals surface area contributed by atoms with E-state index in [9.17, 15) is 19.8 Å². The van der Waals surface area contributed by atoms with E-state index in [4.69, 9.17) is 28.4 Å². The second kappa shape index (κ2) is 10.1. The summed E-state index contributed by atoms with van der Waals surface area (Å²) in [7, 11) is 0. The summed E-state index contributed by atoms with van der Waals surface area (Å²) in [6.45, 7) is 22.3. The van der Waals surface area contributed by atoms with Gasteiger partial charge in [0.05, 0.1) is 31.0 Å². The quantitative estimate of drug-likeness (QED) is 0.177. The zero-order valence-corrected chi connectivity index (χ0v) is 34.8. The van der Waals surface area contributed by atoms with Crippen molar-refractivity contribution in [3.8, 4) is 0 Å². The van der Waals surface area contributed by atoms with Crippen molar-refractivity contribution in [1.29, 1.82) is 0 Å². The molecule has 15 aliphatic rings. The lowest BCUT2D eigenvalue weighted by atomic mass is 9.37. The van der Waals surface area contributed by atoms with E-state index < -0.39 is 51.7 Å². The van der Waals surface area contributed by atoms with E-state index in [0.717, 1.165) is 38.5 Å². The molecular formula is C46H61NO10. The van der Waals surface area contributed by atoms with Crippen molar-refractivity contribution in [2.75, 3.05) is 19.8 Å². The number of aliphatic hydroxyl groups is 2. The lowest BCUT2D eigenvalue weighted by Crippen LogP contribution is -2.86. The van der Waals surface area contributed by atoms with Gasteiger partial charge in [0, 0.05) is 41.0 Å². The molecule has 7 saturated heterocycles. The van der Waals surface area contributed by atoms with Crippen LogP contribution in [0.3, 0.4) is 0 Å². The summed E-state index contributed by atoms with van der Waals surface area (Å²) in [5, 5.41) is 27.3. The number of aliphatic hydroxyl groups excluding tert-OH is 2. The Kier molecular flexibility index (Phi) is 6.56. The molecule has 11 heteroatoms. The number of ether oxygens (including phenoxy) is 6. The summed E-state index contributed by atoms with van der Waals surface area (Å²) < 4.78 is 39.1. The average Bonchev–Trinajstić information content (AvgIpc) is 3.90. The molecule has 0 amide bonds. The molecule has 5 unspecified atom stereocenters. The fourth-order valence-corrected chi connectivity index (χ4v) is 17.5. The van der Waals surface area contributed by atoms with E-state index in [1.807, 2.05) is 27.7 Å². The molecule has 7 heterocycles. The van der Waals surface area contributed by atoms with Crippen LogP contribution >= 0.6 is 0 Å². The van der Waals surface area contributed by atoms with Gasteiger partial charge in [0.2, 0.25) is 11.6 Å². The van der Waals surface area contributed by atoms with Gasteiger partial charge in [0.1, 0.15) is 23.0 Å². The van der Waals surface area contributed by atoms with Gasteiger partial charge in [-0.15, -0.1) is 0 Å². The van der Waals surface area contributed by atoms with Crippen LogP contribution in [0, 0.1) is 68.0 Å². The van der Waals surface area contributed by atoms with Crippen molar-refractivity contribution in [1.82, 2.24) is 5.32 Å². The molecule has 0 aromatic rings. The van der Waals surface area contributed by atoms with E-state index in [2.05, 4.69) is 63.9 Å². The highest BCUT2D eigenvalue weighted by molar-refractivity contribution is 6.05. The Morgan fingerprint density at radius 1 is 0.702 bits per heavy atom. The van der Waals surface area contributed by atoms with Crippen LogP contribution in [0.2, 0.25) is 0 Å². The van der Waals surface area contributed by atoms with E-state index in [1.54, 1.807) is 0 Å². The number of allylic oxidation sites excluding steroid dienone is 2. The van der Waals surface area contributed by atoms with E-state index >= 15 is 0 Å². The van der Waals surface area contributed by atoms with Crippen molar-refractivity contribution >= 4 is 11.6 Å². The fraction of sp³-hybridized carbons (Fsp3) is 0.826. The third-order valence-corrected chi connectivity index (χ3v) is 18.9. The van der Waals surface area contributed by atoms with Crippen molar-refractivity contribution in [2.45, 2.75) is 147 Å². The molecule has 11 nitrogen and oxygen atoms in total. The topological polar surface area (TPSA) is 152 Å². The second-order valence-electron chi connectivity index (χ2n) is 23.0. The van der Waals surface area contributed by atoms with Crippen LogP contribution < -0.4 is 5.32 Å². The molecule has 15 rings (SSSR count). The summed E-state index contributed by atoms with van der Waals surface area (Å²) in [6.07, 6.45) is 12.2. The van der Waals surface area contributed by atoms with Gasteiger partial charge < -0.3 is 44.0 Å². The molecule has 17 atom stereocenters. The first-order valence-electron chi connectivity index (χ1n) is 21.9. The Balaban J connectivity index is 0.000000125. The zero-order valence-electron chi connectivity index (χ0n) is 34.8. The third-order valence-electron chi connectivity index (χ3n) is 18.9. The molecular weight excluding hydrogens is 727 g/mol. The molecule has 57 heavy (non-hydrogen) atoms. The fourth-order valence-electron chi connectivity index (χ4n) is 17.5. The Morgan fingerprint density at radius 3 is 1.74 bits per heavy atom. The van der Waals surface area contributed by atoms with E-state index in [0.29, 0.717) is 25.3 Å². The Hall–Kier alpha value is -1.80. The minimum absolute atomic E-state index is 0.00569. The third kappa shape index (κ3) is 3.58. The van der Waals surface area contributed by atoms with Crippen molar-refractivity contribution in [2.24, 2.45) is 68.0 Å². The van der Waals surface area contributed by atoms with Crippen LogP contribution in [-0.2, 0) is 38.0 Å². The number of fused-ring (bicyclic) bond motifs is 3. The van der Waals surface area contributed by atoms with Gasteiger partial charge in [0.15, 0.2) is 23.1 Å². The zero-order chi connectivity index (χ0) is 40.1. The highest BCUT2D eigenvalue weighted by Gasteiger charge is 2.93. The van der Waals surface area contributed by atoms with E-state index in [-0.39, 0.29) is 80.9 Å². The van der Waals surface area contributed by atoms with Crippen LogP contribution in [0.5, 0.6) is 0 Å². The molecule has 8 bridgehead atoms. The Bertz CT molecular complexity index is 2000. The SMILES string of the molecule is C=C1C(=O)[C@@]23C4CC[C@@H]1[C@H]2OC(C)(C)O[C@@]31OC[C@]42C=CCC(C)(C)C2[C@@H]1O.CC1(C)O[C@@H]2[C@H]3CCC4[C@]56C=CCC(C)(C)C5[C@H](O)[C@@](OC6)(O1)[C@]42C(=O)C31CN1. The molecule has 0 radical (unpaired) electrons. The van der Waals surface area contributed by atoms with Gasteiger partial charge in [-0.05, 0) is 94.5 Å². The highest BCUT2D eigenvalue weighted by atomic mass is 16.8. The molecule has 7 aliphatic heterocycles. The standard InChI is InChI=1S/C23H31NO5.C23H30O5/c1-18(2)8-5-9-20-11-27-23(15(25)14(18)20)22-13(20)7-6-12(21(10-24-21)17(22)26)16(22)28-19(3,4)29-23;1-12-13-7-8-14-21-10-6-9-19(2,3)15(21)17(25)23(26-11-21)22(14,16(12)24)18(13)27-20(4,5)28-23/h5,9,12-16,24-25H,6-8,10-11H2,1-4H3;6,10,13-15,17-18,25H,1,7-9,11H2,2-5H3/t12-,13?,14?,15+,16-,20-,21?,22-,23-;13-,14?,15?,17-,18+,21+,22-,23+/m10/s1. The van der Waals surface area contributed by atoms with Crippen LogP contribution in [0.4, 0.5) is 0 Å². The molecule has 3 N–H and O–H groups in total. The van der Waals surface area contributed by atoms with Gasteiger partial charge in [-0.2, -0.15) is 0 Å². The first kappa shape index (κ1) is 37.0. The summed E-state index contributed by atoms with van der Waals surface area (Å²) in [4.78, 5) is 28.1. The molecule has 310 valence electrons. The number of carbonyl (C=O) groups excluding carboxylic acids is 2. The largest absolute Gasteiger partial charge is 0.387 e. The smallest absolute Gasteiger partial charge is 0.213 e. The number of ketones is 2. The molecule has 0 aromatic carbocycles. The monoisotopic (exact) mass is 787 g/mol. The summed E-state index contributed by atoms with van der Waals surface area (Å²) in [5.41, 5.74) is -2.77. The van der Waals surface area contributed by atoms with Crippen molar-refractivity contribution < 1.29 is 48.2 Å². The number of hydrogen-bond donors (Lipinski definition) is 3. The maximum atomic E-state index is 14.3. The van der Waals surface area contributed by atoms with Crippen molar-refractivity contribution in [3.05, 3.63) is 36.5 Å². The number of hydrogen-bond acceptors (Lipinski definition) is 11. The van der Waals surface area contributed by atoms with Gasteiger partial charge in [0.25, 0.3) is 0 Å². The summed E-state index contributed by atoms with van der Waals surface area (Å²) >= 11 is 0. The predicted molar refractivity (Wildman–Crippen MR) is 204 cm³/mol. The average molecular weight is 788 g/mol. The van der Waals surface area contributed by atoms with Crippen LogP contribution in [0.25, 0.3) is 0 Å². The van der Waals surface area contributed by atoms with Gasteiger partial charge in [-0.3, -0.25) is 9.59 Å². The van der Waals surface area contributed by atoms with Crippen LogP contribution in [0.15, 0.2) is 36.5 Å². The molecule has 0 aromatic heterocycles.